The van der Waals surface area contributed by atoms with Crippen LogP contribution in [0.5, 0.6) is 0 Å². The van der Waals surface area contributed by atoms with Gasteiger partial charge in [0.05, 0.1) is 5.92 Å². The minimum atomic E-state index is -0.856. The zero-order valence-corrected chi connectivity index (χ0v) is 14.2. The molecule has 0 fully saturated rings. The Morgan fingerprint density at radius 2 is 1.62 bits per heavy atom. The number of hydrogen-bond donors (Lipinski definition) is 1. The number of benzene rings is 2. The van der Waals surface area contributed by atoms with Crippen LogP contribution in [0.1, 0.15) is 53.1 Å². The number of carbonyl (C=O) groups excluding carboxylic acids is 1. The van der Waals surface area contributed by atoms with Crippen molar-refractivity contribution >= 4 is 23.4 Å². The molecular weight excluding hydrogens is 324 g/mol. The minimum absolute atomic E-state index is 0.0938. The first-order chi connectivity index (χ1) is 11.6. The number of aliphatic carboxylic acids is 1. The molecule has 1 unspecified atom stereocenters. The Balaban J connectivity index is 2.17. The lowest BCUT2D eigenvalue weighted by Crippen LogP contribution is -2.13. The van der Waals surface area contributed by atoms with E-state index in [1.807, 2.05) is 18.2 Å². The highest BCUT2D eigenvalue weighted by molar-refractivity contribution is 6.17. The summed E-state index contributed by atoms with van der Waals surface area (Å²) in [5.41, 5.74) is 1.80. The van der Waals surface area contributed by atoms with Crippen molar-refractivity contribution in [2.24, 2.45) is 0 Å². The second-order valence-corrected chi connectivity index (χ2v) is 6.13. The summed E-state index contributed by atoms with van der Waals surface area (Å²) in [5.74, 6) is -0.948. The highest BCUT2D eigenvalue weighted by Crippen LogP contribution is 2.25. The standard InChI is InChI=1S/C20H21ClO3/c21-13-6-2-5-12-18(20(23)24)16-10-7-11-17(14-16)19(22)15-8-3-1-4-9-15/h1,3-4,7-11,14,18H,2,5-6,12-13H2,(H,23,24). The summed E-state index contributed by atoms with van der Waals surface area (Å²) in [6.45, 7) is 0. The van der Waals surface area contributed by atoms with Crippen LogP contribution in [0.25, 0.3) is 0 Å². The fourth-order valence-corrected chi connectivity index (χ4v) is 2.89. The van der Waals surface area contributed by atoms with Gasteiger partial charge in [0.2, 0.25) is 0 Å². The number of halogens is 1. The lowest BCUT2D eigenvalue weighted by atomic mass is 9.91. The van der Waals surface area contributed by atoms with E-state index in [9.17, 15) is 14.7 Å². The monoisotopic (exact) mass is 344 g/mol. The van der Waals surface area contributed by atoms with Gasteiger partial charge in [0, 0.05) is 17.0 Å². The fraction of sp³-hybridized carbons (Fsp3) is 0.300. The van der Waals surface area contributed by atoms with Crippen LogP contribution in [0.4, 0.5) is 0 Å². The summed E-state index contributed by atoms with van der Waals surface area (Å²) in [6.07, 6.45) is 3.16. The van der Waals surface area contributed by atoms with E-state index in [4.69, 9.17) is 11.6 Å². The van der Waals surface area contributed by atoms with Crippen LogP contribution in [0.15, 0.2) is 54.6 Å². The molecule has 1 atom stereocenters. The van der Waals surface area contributed by atoms with Crippen LogP contribution in [0.2, 0.25) is 0 Å². The molecule has 2 rings (SSSR count). The molecule has 0 saturated carbocycles. The number of unbranched alkanes of at least 4 members (excludes halogenated alkanes) is 2. The average molecular weight is 345 g/mol. The van der Waals surface area contributed by atoms with Crippen LogP contribution in [0, 0.1) is 0 Å². The van der Waals surface area contributed by atoms with Crippen LogP contribution in [-0.2, 0) is 4.79 Å². The minimum Gasteiger partial charge on any atom is -0.481 e. The summed E-state index contributed by atoms with van der Waals surface area (Å²) < 4.78 is 0. The fourth-order valence-electron chi connectivity index (χ4n) is 2.71. The molecule has 3 nitrogen and oxygen atoms in total. The van der Waals surface area contributed by atoms with E-state index in [2.05, 4.69) is 0 Å². The Kier molecular flexibility index (Phi) is 7.01. The lowest BCUT2D eigenvalue weighted by molar-refractivity contribution is -0.139. The van der Waals surface area contributed by atoms with Gasteiger partial charge in [0.1, 0.15) is 0 Å². The number of hydrogen-bond acceptors (Lipinski definition) is 2. The van der Waals surface area contributed by atoms with Crippen LogP contribution in [0.3, 0.4) is 0 Å². The summed E-state index contributed by atoms with van der Waals surface area (Å²) in [7, 11) is 0. The maximum Gasteiger partial charge on any atom is 0.310 e. The normalized spacial score (nSPS) is 11.9. The Hall–Kier alpha value is -2.13. The van der Waals surface area contributed by atoms with E-state index in [0.717, 1.165) is 19.3 Å². The van der Waals surface area contributed by atoms with Crippen molar-refractivity contribution in [3.05, 3.63) is 71.3 Å². The molecule has 2 aromatic rings. The topological polar surface area (TPSA) is 54.4 Å². The van der Waals surface area contributed by atoms with Gasteiger partial charge in [-0.1, -0.05) is 61.4 Å². The van der Waals surface area contributed by atoms with Crippen molar-refractivity contribution in [3.8, 4) is 0 Å². The zero-order chi connectivity index (χ0) is 17.4. The SMILES string of the molecule is O=C(c1ccccc1)c1cccc(C(CCCCCCl)C(=O)O)c1. The van der Waals surface area contributed by atoms with Crippen molar-refractivity contribution in [1.29, 1.82) is 0 Å². The lowest BCUT2D eigenvalue weighted by Gasteiger charge is -2.13. The third kappa shape index (κ3) is 4.93. The van der Waals surface area contributed by atoms with Gasteiger partial charge >= 0.3 is 5.97 Å². The molecule has 0 saturated heterocycles. The molecule has 1 N–H and O–H groups in total. The van der Waals surface area contributed by atoms with Crippen LogP contribution < -0.4 is 0 Å². The van der Waals surface area contributed by atoms with Crippen LogP contribution in [-0.4, -0.2) is 22.7 Å². The third-order valence-electron chi connectivity index (χ3n) is 4.01. The summed E-state index contributed by atoms with van der Waals surface area (Å²) >= 11 is 5.66. The number of carbonyl (C=O) groups is 2. The van der Waals surface area contributed by atoms with E-state index >= 15 is 0 Å². The second kappa shape index (κ2) is 9.24. The molecule has 0 aliphatic carbocycles. The van der Waals surface area contributed by atoms with E-state index in [1.54, 1.807) is 36.4 Å². The summed E-state index contributed by atoms with van der Waals surface area (Å²) in [6, 6.07) is 16.0. The molecular formula is C20H21ClO3. The first kappa shape index (κ1) is 18.2. The van der Waals surface area contributed by atoms with Gasteiger partial charge in [-0.15, -0.1) is 11.6 Å². The first-order valence-electron chi connectivity index (χ1n) is 8.12. The number of alkyl halides is 1. The van der Waals surface area contributed by atoms with Gasteiger partial charge in [0.15, 0.2) is 5.78 Å². The zero-order valence-electron chi connectivity index (χ0n) is 13.5. The summed E-state index contributed by atoms with van der Waals surface area (Å²) in [5, 5.41) is 9.52. The Bertz CT molecular complexity index is 682. The average Bonchev–Trinajstić information content (AvgIpc) is 2.61. The number of rotatable bonds is 9. The molecule has 2 aromatic carbocycles. The molecule has 0 radical (unpaired) electrons. The molecule has 126 valence electrons. The van der Waals surface area contributed by atoms with Crippen molar-refractivity contribution in [2.75, 3.05) is 5.88 Å². The first-order valence-corrected chi connectivity index (χ1v) is 8.65. The van der Waals surface area contributed by atoms with Gasteiger partial charge < -0.3 is 5.11 Å². The predicted molar refractivity (Wildman–Crippen MR) is 95.9 cm³/mol. The molecule has 0 aliphatic rings. The summed E-state index contributed by atoms with van der Waals surface area (Å²) in [4.78, 5) is 24.1. The van der Waals surface area contributed by atoms with Gasteiger partial charge in [-0.3, -0.25) is 9.59 Å². The number of carboxylic acid groups (broad SMARTS) is 1. The third-order valence-corrected chi connectivity index (χ3v) is 4.28. The Morgan fingerprint density at radius 3 is 2.29 bits per heavy atom. The number of ketones is 1. The van der Waals surface area contributed by atoms with Gasteiger partial charge in [-0.25, -0.2) is 0 Å². The van der Waals surface area contributed by atoms with E-state index in [0.29, 0.717) is 29.0 Å². The molecule has 0 heterocycles. The molecule has 0 aliphatic heterocycles. The second-order valence-electron chi connectivity index (χ2n) is 5.75. The highest BCUT2D eigenvalue weighted by atomic mass is 35.5. The number of carboxylic acids is 1. The molecule has 4 heteroatoms. The molecule has 24 heavy (non-hydrogen) atoms. The maximum absolute atomic E-state index is 12.5. The maximum atomic E-state index is 12.5. The van der Waals surface area contributed by atoms with Crippen molar-refractivity contribution in [2.45, 2.75) is 31.6 Å². The van der Waals surface area contributed by atoms with Gasteiger partial charge in [-0.2, -0.15) is 0 Å². The Morgan fingerprint density at radius 1 is 0.917 bits per heavy atom. The highest BCUT2D eigenvalue weighted by Gasteiger charge is 2.20. The van der Waals surface area contributed by atoms with E-state index in [-0.39, 0.29) is 5.78 Å². The van der Waals surface area contributed by atoms with Crippen molar-refractivity contribution in [3.63, 3.8) is 0 Å². The molecule has 0 aromatic heterocycles. The molecule has 0 amide bonds. The molecule has 0 spiro atoms. The molecule has 0 bridgehead atoms. The van der Waals surface area contributed by atoms with Gasteiger partial charge in [0.25, 0.3) is 0 Å². The smallest absolute Gasteiger partial charge is 0.310 e. The van der Waals surface area contributed by atoms with Crippen LogP contribution >= 0.6 is 11.6 Å². The van der Waals surface area contributed by atoms with E-state index in [1.165, 1.54) is 0 Å². The predicted octanol–water partition coefficient (Wildman–Crippen LogP) is 4.89. The Labute approximate surface area is 147 Å². The van der Waals surface area contributed by atoms with Crippen molar-refractivity contribution in [1.82, 2.24) is 0 Å². The van der Waals surface area contributed by atoms with Crippen molar-refractivity contribution < 1.29 is 14.7 Å². The largest absolute Gasteiger partial charge is 0.481 e. The van der Waals surface area contributed by atoms with E-state index < -0.39 is 11.9 Å². The quantitative estimate of drug-likeness (QED) is 0.400. The van der Waals surface area contributed by atoms with Gasteiger partial charge in [-0.05, 0) is 24.5 Å².